The maximum atomic E-state index is 11.3. The molecule has 0 aliphatic carbocycles. The van der Waals surface area contributed by atoms with Crippen LogP contribution in [0.3, 0.4) is 0 Å². The molecule has 4 heteroatoms. The van der Waals surface area contributed by atoms with Gasteiger partial charge in [-0.05, 0) is 6.07 Å². The zero-order valence-electron chi connectivity index (χ0n) is 8.23. The summed E-state index contributed by atoms with van der Waals surface area (Å²) in [5.74, 6) is -0.189. The van der Waals surface area contributed by atoms with E-state index >= 15 is 0 Å². The maximum absolute atomic E-state index is 11.3. The summed E-state index contributed by atoms with van der Waals surface area (Å²) in [5, 5.41) is 15.5. The number of carbonyl (C=O) groups is 1. The molecule has 1 heterocycles. The summed E-state index contributed by atoms with van der Waals surface area (Å²) in [5.41, 5.74) is 0.538. The first-order chi connectivity index (χ1) is 7.16. The Labute approximate surface area is 86.7 Å². The molecule has 2 aromatic rings. The molecule has 0 saturated heterocycles. The SMILES string of the molecule is CC(=O)Nc1c[n+]([O-])cc2ccccc12. The zero-order valence-corrected chi connectivity index (χ0v) is 8.23. The number of nitrogens with zero attached hydrogens (tertiary/aromatic N) is 1. The predicted molar refractivity (Wildman–Crippen MR) is 57.2 cm³/mol. The van der Waals surface area contributed by atoms with Crippen LogP contribution in [0.1, 0.15) is 6.92 Å². The predicted octanol–water partition coefficient (Wildman–Crippen LogP) is 1.43. The fourth-order valence-electron chi connectivity index (χ4n) is 1.52. The second-order valence-corrected chi connectivity index (χ2v) is 3.30. The zero-order chi connectivity index (χ0) is 10.8. The van der Waals surface area contributed by atoms with Crippen molar-refractivity contribution in [2.75, 3.05) is 5.32 Å². The number of amides is 1. The topological polar surface area (TPSA) is 56.0 Å². The Hall–Kier alpha value is -2.10. The van der Waals surface area contributed by atoms with Crippen LogP contribution in [0.5, 0.6) is 0 Å². The van der Waals surface area contributed by atoms with E-state index in [9.17, 15) is 10.0 Å². The van der Waals surface area contributed by atoms with Crippen molar-refractivity contribution in [3.05, 3.63) is 41.9 Å². The molecule has 0 bridgehead atoms. The lowest BCUT2D eigenvalue weighted by molar-refractivity contribution is -0.603. The number of pyridine rings is 1. The summed E-state index contributed by atoms with van der Waals surface area (Å²) in [6.07, 6.45) is 2.82. The number of anilines is 1. The quantitative estimate of drug-likeness (QED) is 0.561. The number of aromatic nitrogens is 1. The summed E-state index contributed by atoms with van der Waals surface area (Å²) in [6.45, 7) is 1.41. The highest BCUT2D eigenvalue weighted by atomic mass is 16.5. The van der Waals surface area contributed by atoms with Gasteiger partial charge < -0.3 is 10.5 Å². The van der Waals surface area contributed by atoms with Crippen molar-refractivity contribution in [2.45, 2.75) is 6.92 Å². The van der Waals surface area contributed by atoms with Gasteiger partial charge >= 0.3 is 0 Å². The van der Waals surface area contributed by atoms with Gasteiger partial charge in [0.2, 0.25) is 12.1 Å². The Kier molecular flexibility index (Phi) is 2.25. The monoisotopic (exact) mass is 202 g/mol. The highest BCUT2D eigenvalue weighted by Crippen LogP contribution is 2.20. The lowest BCUT2D eigenvalue weighted by Crippen LogP contribution is -2.25. The molecule has 0 radical (unpaired) electrons. The van der Waals surface area contributed by atoms with Gasteiger partial charge in [0.25, 0.3) is 0 Å². The third kappa shape index (κ3) is 1.88. The van der Waals surface area contributed by atoms with Crippen LogP contribution < -0.4 is 10.0 Å². The van der Waals surface area contributed by atoms with E-state index in [1.165, 1.54) is 19.3 Å². The van der Waals surface area contributed by atoms with Crippen molar-refractivity contribution < 1.29 is 9.52 Å². The van der Waals surface area contributed by atoms with Crippen LogP contribution in [-0.2, 0) is 4.79 Å². The average Bonchev–Trinajstić information content (AvgIpc) is 2.16. The largest absolute Gasteiger partial charge is 0.619 e. The summed E-state index contributed by atoms with van der Waals surface area (Å²) in [7, 11) is 0. The second kappa shape index (κ2) is 3.57. The lowest BCUT2D eigenvalue weighted by atomic mass is 10.1. The average molecular weight is 202 g/mol. The van der Waals surface area contributed by atoms with Crippen LogP contribution in [0, 0.1) is 5.21 Å². The van der Waals surface area contributed by atoms with E-state index in [1.807, 2.05) is 24.3 Å². The molecule has 0 saturated carbocycles. The van der Waals surface area contributed by atoms with Crippen molar-refractivity contribution in [1.82, 2.24) is 0 Å². The fourth-order valence-corrected chi connectivity index (χ4v) is 1.52. The molecule has 2 rings (SSSR count). The number of nitrogens with one attached hydrogen (secondary N) is 1. The standard InChI is InChI=1S/C11H10N2O2/c1-8(14)12-11-7-13(15)6-9-4-2-3-5-10(9)11/h2-7H,1H3,(H,12,14). The van der Waals surface area contributed by atoms with E-state index < -0.39 is 0 Å². The van der Waals surface area contributed by atoms with Gasteiger partial charge in [0.05, 0.1) is 0 Å². The van der Waals surface area contributed by atoms with Gasteiger partial charge in [0.15, 0.2) is 6.20 Å². The molecule has 0 spiro atoms. The van der Waals surface area contributed by atoms with Crippen LogP contribution in [-0.4, -0.2) is 5.91 Å². The summed E-state index contributed by atoms with van der Waals surface area (Å²) in [4.78, 5) is 10.9. The Morgan fingerprint density at radius 2 is 2.07 bits per heavy atom. The van der Waals surface area contributed by atoms with E-state index in [4.69, 9.17) is 0 Å². The summed E-state index contributed by atoms with van der Waals surface area (Å²) >= 11 is 0. The number of hydrogen-bond acceptors (Lipinski definition) is 2. The molecule has 76 valence electrons. The molecule has 1 aromatic heterocycles. The Balaban J connectivity index is 2.65. The molecule has 4 nitrogen and oxygen atoms in total. The third-order valence-electron chi connectivity index (χ3n) is 2.08. The van der Waals surface area contributed by atoms with Gasteiger partial charge in [-0.1, -0.05) is 18.2 Å². The number of hydrogen-bond donors (Lipinski definition) is 1. The first kappa shape index (κ1) is 9.45. The third-order valence-corrected chi connectivity index (χ3v) is 2.08. The molecule has 0 unspecified atom stereocenters. The van der Waals surface area contributed by atoms with Gasteiger partial charge in [0.1, 0.15) is 5.69 Å². The van der Waals surface area contributed by atoms with Crippen molar-refractivity contribution in [3.63, 3.8) is 0 Å². The molecular formula is C11H10N2O2. The fraction of sp³-hybridized carbons (Fsp3) is 0.0909. The molecule has 1 amide bonds. The van der Waals surface area contributed by atoms with Crippen LogP contribution >= 0.6 is 0 Å². The molecule has 0 fully saturated rings. The first-order valence-electron chi connectivity index (χ1n) is 4.56. The summed E-state index contributed by atoms with van der Waals surface area (Å²) in [6, 6.07) is 7.40. The van der Waals surface area contributed by atoms with E-state index in [0.717, 1.165) is 10.8 Å². The van der Waals surface area contributed by atoms with Crippen LogP contribution in [0.25, 0.3) is 10.8 Å². The maximum Gasteiger partial charge on any atom is 0.221 e. The highest BCUT2D eigenvalue weighted by Gasteiger charge is 2.07. The molecule has 0 atom stereocenters. The molecule has 1 aromatic carbocycles. The Morgan fingerprint density at radius 1 is 1.33 bits per heavy atom. The Bertz CT molecular complexity index is 523. The van der Waals surface area contributed by atoms with Crippen molar-refractivity contribution in [3.8, 4) is 0 Å². The number of benzene rings is 1. The normalized spacial score (nSPS) is 10.2. The van der Waals surface area contributed by atoms with E-state index in [2.05, 4.69) is 5.32 Å². The molecule has 1 N–H and O–H groups in total. The number of fused-ring (bicyclic) bond motifs is 1. The minimum atomic E-state index is -0.189. The van der Waals surface area contributed by atoms with Gasteiger partial charge in [-0.15, -0.1) is 0 Å². The smallest absolute Gasteiger partial charge is 0.221 e. The molecule has 0 aliphatic rings. The van der Waals surface area contributed by atoms with E-state index in [0.29, 0.717) is 10.4 Å². The number of carbonyl (C=O) groups excluding carboxylic acids is 1. The van der Waals surface area contributed by atoms with E-state index in [1.54, 1.807) is 0 Å². The molecule has 15 heavy (non-hydrogen) atoms. The first-order valence-corrected chi connectivity index (χ1v) is 4.56. The molecular weight excluding hydrogens is 192 g/mol. The van der Waals surface area contributed by atoms with Crippen LogP contribution in [0.15, 0.2) is 36.7 Å². The van der Waals surface area contributed by atoms with Crippen LogP contribution in [0.4, 0.5) is 5.69 Å². The van der Waals surface area contributed by atoms with Gasteiger partial charge in [-0.3, -0.25) is 4.79 Å². The minimum absolute atomic E-state index is 0.189. The second-order valence-electron chi connectivity index (χ2n) is 3.30. The van der Waals surface area contributed by atoms with Gasteiger partial charge in [-0.2, -0.15) is 4.73 Å². The van der Waals surface area contributed by atoms with Crippen molar-refractivity contribution >= 4 is 22.4 Å². The van der Waals surface area contributed by atoms with E-state index in [-0.39, 0.29) is 5.91 Å². The highest BCUT2D eigenvalue weighted by molar-refractivity contribution is 6.00. The molecule has 0 aliphatic heterocycles. The van der Waals surface area contributed by atoms with Crippen molar-refractivity contribution in [1.29, 1.82) is 0 Å². The van der Waals surface area contributed by atoms with Gasteiger partial charge in [0, 0.05) is 17.7 Å². The van der Waals surface area contributed by atoms with Crippen LogP contribution in [0.2, 0.25) is 0 Å². The minimum Gasteiger partial charge on any atom is -0.619 e. The number of rotatable bonds is 1. The summed E-state index contributed by atoms with van der Waals surface area (Å²) < 4.78 is 0.688. The van der Waals surface area contributed by atoms with Gasteiger partial charge in [-0.25, -0.2) is 0 Å². The lowest BCUT2D eigenvalue weighted by Gasteiger charge is -2.06. The van der Waals surface area contributed by atoms with Crippen molar-refractivity contribution in [2.24, 2.45) is 0 Å². The Morgan fingerprint density at radius 3 is 2.80 bits per heavy atom.